The highest BCUT2D eigenvalue weighted by atomic mass is 14.0. The van der Waals surface area contributed by atoms with Crippen LogP contribution in [0.3, 0.4) is 0 Å². The maximum Gasteiger partial charge on any atom is 0.00580 e. The summed E-state index contributed by atoms with van der Waals surface area (Å²) in [6.45, 7) is 8.09. The van der Waals surface area contributed by atoms with E-state index < -0.39 is 0 Å². The molecule has 0 amide bonds. The smallest absolute Gasteiger partial charge is 0.00580 e. The van der Waals surface area contributed by atoms with Crippen molar-refractivity contribution in [3.63, 3.8) is 0 Å². The quantitative estimate of drug-likeness (QED) is 0.572. The molecule has 0 heterocycles. The minimum absolute atomic E-state index is 0.989. The van der Waals surface area contributed by atoms with E-state index in [1.54, 1.807) is 0 Å². The van der Waals surface area contributed by atoms with Crippen LogP contribution < -0.4 is 0 Å². The van der Waals surface area contributed by atoms with Crippen LogP contribution in [-0.2, 0) is 0 Å². The van der Waals surface area contributed by atoms with Gasteiger partial charge in [0.25, 0.3) is 0 Å². The van der Waals surface area contributed by atoms with Gasteiger partial charge in [0, 0.05) is 5.57 Å². The molecule has 1 rings (SSSR count). The maximum atomic E-state index is 3.10. The van der Waals surface area contributed by atoms with E-state index in [4.69, 9.17) is 0 Å². The molecule has 0 radical (unpaired) electrons. The highest BCUT2D eigenvalue weighted by molar-refractivity contribution is 5.38. The number of hydrogen-bond acceptors (Lipinski definition) is 0. The minimum Gasteiger partial charge on any atom is -0.102 e. The summed E-state index contributed by atoms with van der Waals surface area (Å²) in [7, 11) is 0. The van der Waals surface area contributed by atoms with Crippen molar-refractivity contribution in [3.05, 3.63) is 35.5 Å². The van der Waals surface area contributed by atoms with Crippen molar-refractivity contribution in [3.8, 4) is 11.8 Å². The molecule has 0 nitrogen and oxygen atoms in total. The molecule has 0 saturated carbocycles. The summed E-state index contributed by atoms with van der Waals surface area (Å²) in [5.74, 6) is 6.03. The standard InChI is InChI=1S/C13H16.C2H6/c1-3-6-12-8-5-9-13(7-4-2)11-10-12;1-2/h5,8-10H,3,6,11H2,1-2H3;1-2H3. The Labute approximate surface area is 94.8 Å². The molecule has 0 aromatic heterocycles. The van der Waals surface area contributed by atoms with Gasteiger partial charge in [-0.3, -0.25) is 0 Å². The van der Waals surface area contributed by atoms with Crippen LogP contribution in [0.2, 0.25) is 0 Å². The fourth-order valence-corrected chi connectivity index (χ4v) is 1.39. The molecular weight excluding hydrogens is 180 g/mol. The highest BCUT2D eigenvalue weighted by Crippen LogP contribution is 2.14. The lowest BCUT2D eigenvalue weighted by molar-refractivity contribution is 0.921. The van der Waals surface area contributed by atoms with Gasteiger partial charge in [0.05, 0.1) is 0 Å². The van der Waals surface area contributed by atoms with Crippen LogP contribution in [0, 0.1) is 11.8 Å². The Balaban J connectivity index is 0.000000921. The topological polar surface area (TPSA) is 0 Å². The van der Waals surface area contributed by atoms with Gasteiger partial charge in [0.2, 0.25) is 0 Å². The zero-order valence-corrected chi connectivity index (χ0v) is 10.4. The van der Waals surface area contributed by atoms with E-state index in [0.29, 0.717) is 0 Å². The molecule has 0 spiro atoms. The Morgan fingerprint density at radius 1 is 1.33 bits per heavy atom. The third kappa shape index (κ3) is 5.96. The lowest BCUT2D eigenvalue weighted by atomic mass is 10.1. The maximum absolute atomic E-state index is 3.10. The van der Waals surface area contributed by atoms with Crippen LogP contribution >= 0.6 is 0 Å². The second-order valence-corrected chi connectivity index (χ2v) is 3.16. The van der Waals surface area contributed by atoms with E-state index in [1.165, 1.54) is 24.0 Å². The predicted molar refractivity (Wildman–Crippen MR) is 69.6 cm³/mol. The second kappa shape index (κ2) is 9.34. The van der Waals surface area contributed by atoms with E-state index in [1.807, 2.05) is 20.8 Å². The van der Waals surface area contributed by atoms with E-state index in [2.05, 4.69) is 43.1 Å². The lowest BCUT2D eigenvalue weighted by Gasteiger charge is -1.96. The van der Waals surface area contributed by atoms with Gasteiger partial charge in [-0.05, 0) is 19.8 Å². The predicted octanol–water partition coefficient (Wildman–Crippen LogP) is 4.65. The van der Waals surface area contributed by atoms with Crippen molar-refractivity contribution in [2.45, 2.75) is 47.0 Å². The second-order valence-electron chi connectivity index (χ2n) is 3.16. The molecule has 0 heteroatoms. The van der Waals surface area contributed by atoms with Crippen LogP contribution in [0.15, 0.2) is 35.5 Å². The van der Waals surface area contributed by atoms with Crippen LogP contribution in [0.1, 0.15) is 47.0 Å². The van der Waals surface area contributed by atoms with Crippen LogP contribution in [0.25, 0.3) is 0 Å². The van der Waals surface area contributed by atoms with Gasteiger partial charge in [-0.15, -0.1) is 5.92 Å². The molecule has 0 atom stereocenters. The Morgan fingerprint density at radius 3 is 2.67 bits per heavy atom. The van der Waals surface area contributed by atoms with Crippen molar-refractivity contribution in [1.29, 1.82) is 0 Å². The van der Waals surface area contributed by atoms with Crippen molar-refractivity contribution >= 4 is 0 Å². The zero-order valence-electron chi connectivity index (χ0n) is 10.4. The molecular formula is C15H22. The van der Waals surface area contributed by atoms with Crippen LogP contribution in [0.5, 0.6) is 0 Å². The Kier molecular flexibility index (Phi) is 8.58. The Bertz CT molecular complexity index is 303. The first kappa shape index (κ1) is 13.8. The van der Waals surface area contributed by atoms with Gasteiger partial charge < -0.3 is 0 Å². The molecule has 0 bridgehead atoms. The van der Waals surface area contributed by atoms with E-state index in [-0.39, 0.29) is 0 Å². The third-order valence-electron chi connectivity index (χ3n) is 2.02. The summed E-state index contributed by atoms with van der Waals surface area (Å²) < 4.78 is 0. The monoisotopic (exact) mass is 202 g/mol. The summed E-state index contributed by atoms with van der Waals surface area (Å²) in [4.78, 5) is 0. The van der Waals surface area contributed by atoms with Crippen molar-refractivity contribution in [2.24, 2.45) is 0 Å². The lowest BCUT2D eigenvalue weighted by Crippen LogP contribution is -1.78. The normalized spacial score (nSPS) is 13.6. The molecule has 0 fully saturated rings. The molecule has 0 aromatic rings. The van der Waals surface area contributed by atoms with E-state index in [0.717, 1.165) is 6.42 Å². The first-order valence-electron chi connectivity index (χ1n) is 5.86. The molecule has 82 valence electrons. The number of rotatable bonds is 2. The first-order chi connectivity index (χ1) is 7.36. The summed E-state index contributed by atoms with van der Waals surface area (Å²) in [5, 5.41) is 0. The summed E-state index contributed by atoms with van der Waals surface area (Å²) in [5.41, 5.74) is 2.65. The van der Waals surface area contributed by atoms with Gasteiger partial charge in [0.1, 0.15) is 0 Å². The van der Waals surface area contributed by atoms with Crippen molar-refractivity contribution in [1.82, 2.24) is 0 Å². The molecule has 15 heavy (non-hydrogen) atoms. The highest BCUT2D eigenvalue weighted by Gasteiger charge is 1.96. The van der Waals surface area contributed by atoms with Crippen LogP contribution in [-0.4, -0.2) is 0 Å². The van der Waals surface area contributed by atoms with Gasteiger partial charge in [-0.2, -0.15) is 0 Å². The zero-order chi connectivity index (χ0) is 11.5. The molecule has 0 saturated heterocycles. The molecule has 0 unspecified atom stereocenters. The fraction of sp³-hybridized carbons (Fsp3) is 0.467. The minimum atomic E-state index is 0.989. The molecule has 0 aliphatic heterocycles. The first-order valence-corrected chi connectivity index (χ1v) is 5.86. The Hall–Kier alpha value is -1.22. The Morgan fingerprint density at radius 2 is 2.07 bits per heavy atom. The van der Waals surface area contributed by atoms with Crippen LogP contribution in [0.4, 0.5) is 0 Å². The third-order valence-corrected chi connectivity index (χ3v) is 2.02. The molecule has 0 aromatic carbocycles. The van der Waals surface area contributed by atoms with Gasteiger partial charge in [0.15, 0.2) is 0 Å². The summed E-state index contributed by atoms with van der Waals surface area (Å²) >= 11 is 0. The average molecular weight is 202 g/mol. The number of allylic oxidation sites excluding steroid dienone is 6. The average Bonchev–Trinajstić information content (AvgIpc) is 2.49. The fourth-order valence-electron chi connectivity index (χ4n) is 1.39. The molecule has 1 aliphatic rings. The summed E-state index contributed by atoms with van der Waals surface area (Å²) in [6, 6.07) is 0. The van der Waals surface area contributed by atoms with Gasteiger partial charge >= 0.3 is 0 Å². The molecule has 0 N–H and O–H groups in total. The van der Waals surface area contributed by atoms with Crippen molar-refractivity contribution < 1.29 is 0 Å². The summed E-state index contributed by atoms with van der Waals surface area (Å²) in [6.07, 6.45) is 12.1. The molecule has 1 aliphatic carbocycles. The SMILES string of the molecule is CC.CC#CC1=CC=CC(CCC)=CC1. The largest absolute Gasteiger partial charge is 0.102 e. The van der Waals surface area contributed by atoms with Gasteiger partial charge in [-0.1, -0.05) is 63.0 Å². The van der Waals surface area contributed by atoms with E-state index >= 15 is 0 Å². The van der Waals surface area contributed by atoms with E-state index in [9.17, 15) is 0 Å². The van der Waals surface area contributed by atoms with Crippen molar-refractivity contribution in [2.75, 3.05) is 0 Å². The van der Waals surface area contributed by atoms with Gasteiger partial charge in [-0.25, -0.2) is 0 Å². The number of hydrogen-bond donors (Lipinski definition) is 0.